The normalized spacial score (nSPS) is 19.0. The summed E-state index contributed by atoms with van der Waals surface area (Å²) in [6, 6.07) is 6.84. The Morgan fingerprint density at radius 2 is 2.22 bits per heavy atom. The van der Waals surface area contributed by atoms with Crippen LogP contribution in [-0.2, 0) is 11.3 Å². The average Bonchev–Trinajstić information content (AvgIpc) is 3.03. The zero-order valence-corrected chi connectivity index (χ0v) is 13.5. The molecule has 1 N–H and O–H groups in total. The van der Waals surface area contributed by atoms with Crippen LogP contribution in [0.5, 0.6) is 5.75 Å². The molecule has 1 unspecified atom stereocenters. The molecule has 0 bridgehead atoms. The van der Waals surface area contributed by atoms with Crippen molar-refractivity contribution in [1.29, 1.82) is 0 Å². The van der Waals surface area contributed by atoms with E-state index in [9.17, 15) is 4.39 Å². The third kappa shape index (κ3) is 3.71. The van der Waals surface area contributed by atoms with E-state index in [1.807, 2.05) is 12.1 Å². The Balaban J connectivity index is 1.69. The minimum absolute atomic E-state index is 0.239. The molecule has 1 aliphatic heterocycles. The lowest BCUT2D eigenvalue weighted by Gasteiger charge is -2.31. The minimum atomic E-state index is -0.381. The Bertz CT molecular complexity index is 659. The molecule has 2 heterocycles. The number of nitrogens with zero attached hydrogens (tertiary/aromatic N) is 2. The van der Waals surface area contributed by atoms with Crippen molar-refractivity contribution < 1.29 is 13.9 Å². The Kier molecular flexibility index (Phi) is 4.93. The van der Waals surface area contributed by atoms with Gasteiger partial charge in [0.25, 0.3) is 0 Å². The first-order valence-electron chi connectivity index (χ1n) is 7.83. The van der Waals surface area contributed by atoms with Gasteiger partial charge in [-0.25, -0.2) is 4.39 Å². The van der Waals surface area contributed by atoms with Gasteiger partial charge in [0.05, 0.1) is 18.9 Å². The zero-order chi connectivity index (χ0) is 16.2. The Morgan fingerprint density at radius 1 is 1.35 bits per heavy atom. The monoisotopic (exact) mass is 319 g/mol. The summed E-state index contributed by atoms with van der Waals surface area (Å²) in [5.74, 6) is -0.142. The number of methoxy groups -OCH3 is 2. The first-order valence-corrected chi connectivity index (χ1v) is 7.83. The summed E-state index contributed by atoms with van der Waals surface area (Å²) in [6.45, 7) is 2.79. The van der Waals surface area contributed by atoms with Crippen LogP contribution in [0.15, 0.2) is 24.3 Å². The highest BCUT2D eigenvalue weighted by Crippen LogP contribution is 2.25. The number of piperidine rings is 1. The third-order valence-corrected chi connectivity index (χ3v) is 4.27. The molecule has 0 amide bonds. The molecule has 1 aliphatic rings. The molecule has 1 aromatic heterocycles. The first kappa shape index (κ1) is 16.0. The van der Waals surface area contributed by atoms with Crippen LogP contribution in [0.25, 0.3) is 11.3 Å². The van der Waals surface area contributed by atoms with Crippen molar-refractivity contribution >= 4 is 0 Å². The average molecular weight is 319 g/mol. The van der Waals surface area contributed by atoms with E-state index in [0.717, 1.165) is 49.4 Å². The maximum absolute atomic E-state index is 13.8. The van der Waals surface area contributed by atoms with Crippen LogP contribution in [0.1, 0.15) is 18.5 Å². The largest absolute Gasteiger partial charge is 0.494 e. The maximum Gasteiger partial charge on any atom is 0.165 e. The quantitative estimate of drug-likeness (QED) is 0.921. The number of halogens is 1. The highest BCUT2D eigenvalue weighted by molar-refractivity contribution is 5.60. The Labute approximate surface area is 135 Å². The van der Waals surface area contributed by atoms with E-state index >= 15 is 0 Å². The van der Waals surface area contributed by atoms with Gasteiger partial charge in [0.2, 0.25) is 0 Å². The lowest BCUT2D eigenvalue weighted by Crippen LogP contribution is -2.38. The fourth-order valence-electron chi connectivity index (χ4n) is 3.01. The molecule has 3 rings (SSSR count). The van der Waals surface area contributed by atoms with Gasteiger partial charge in [-0.3, -0.25) is 10.00 Å². The van der Waals surface area contributed by atoms with Crippen LogP contribution in [-0.4, -0.2) is 48.5 Å². The molecular weight excluding hydrogens is 297 g/mol. The molecule has 1 fully saturated rings. The second-order valence-corrected chi connectivity index (χ2v) is 5.86. The molecule has 124 valence electrons. The van der Waals surface area contributed by atoms with E-state index < -0.39 is 0 Å². The molecule has 1 atom stereocenters. The summed E-state index contributed by atoms with van der Waals surface area (Å²) in [7, 11) is 3.22. The van der Waals surface area contributed by atoms with Crippen molar-refractivity contribution in [2.24, 2.45) is 0 Å². The molecule has 0 spiro atoms. The van der Waals surface area contributed by atoms with E-state index in [1.54, 1.807) is 13.2 Å². The summed E-state index contributed by atoms with van der Waals surface area (Å²) in [4.78, 5) is 2.35. The molecule has 6 heteroatoms. The van der Waals surface area contributed by atoms with Gasteiger partial charge in [0.15, 0.2) is 11.6 Å². The number of benzene rings is 1. The van der Waals surface area contributed by atoms with Crippen LogP contribution >= 0.6 is 0 Å². The molecular formula is C17H22FN3O2. The second-order valence-electron chi connectivity index (χ2n) is 5.86. The van der Waals surface area contributed by atoms with Crippen LogP contribution in [0.3, 0.4) is 0 Å². The van der Waals surface area contributed by atoms with Crippen LogP contribution in [0.4, 0.5) is 4.39 Å². The Morgan fingerprint density at radius 3 is 2.96 bits per heavy atom. The number of hydrogen-bond donors (Lipinski definition) is 1. The highest BCUT2D eigenvalue weighted by atomic mass is 19.1. The van der Waals surface area contributed by atoms with Crippen molar-refractivity contribution in [3.63, 3.8) is 0 Å². The predicted octanol–water partition coefficient (Wildman–Crippen LogP) is 2.84. The van der Waals surface area contributed by atoms with Crippen LogP contribution < -0.4 is 4.74 Å². The standard InChI is InChI=1S/C17H22FN3O2/c1-22-14-4-3-7-21(11-14)10-13-9-16(20-19-13)12-5-6-17(23-2)15(18)8-12/h5-6,8-9,14H,3-4,7,10-11H2,1-2H3,(H,19,20). The molecule has 2 aromatic rings. The number of aromatic amines is 1. The van der Waals surface area contributed by atoms with Crippen molar-refractivity contribution in [3.8, 4) is 17.0 Å². The van der Waals surface area contributed by atoms with Gasteiger partial charge >= 0.3 is 0 Å². The summed E-state index contributed by atoms with van der Waals surface area (Å²) in [5, 5.41) is 7.34. The lowest BCUT2D eigenvalue weighted by molar-refractivity contribution is 0.0281. The van der Waals surface area contributed by atoms with Gasteiger partial charge in [-0.15, -0.1) is 0 Å². The number of aromatic nitrogens is 2. The molecule has 5 nitrogen and oxygen atoms in total. The molecule has 0 aliphatic carbocycles. The number of nitrogens with one attached hydrogen (secondary N) is 1. The topological polar surface area (TPSA) is 50.4 Å². The summed E-state index contributed by atoms with van der Waals surface area (Å²) >= 11 is 0. The minimum Gasteiger partial charge on any atom is -0.494 e. The SMILES string of the molecule is COc1ccc(-c2cc(CN3CCCC(OC)C3)[nH]n2)cc1F. The van der Waals surface area contributed by atoms with Gasteiger partial charge in [-0.05, 0) is 43.7 Å². The molecule has 23 heavy (non-hydrogen) atoms. The summed E-state index contributed by atoms with van der Waals surface area (Å²) in [6.07, 6.45) is 2.57. The molecule has 1 saturated heterocycles. The molecule has 0 radical (unpaired) electrons. The van der Waals surface area contributed by atoms with Gasteiger partial charge in [0, 0.05) is 31.5 Å². The number of likely N-dealkylation sites (tertiary alicyclic amines) is 1. The maximum atomic E-state index is 13.8. The van der Waals surface area contributed by atoms with E-state index in [1.165, 1.54) is 13.2 Å². The number of rotatable bonds is 5. The van der Waals surface area contributed by atoms with Gasteiger partial charge in [-0.2, -0.15) is 5.10 Å². The number of hydrogen-bond acceptors (Lipinski definition) is 4. The zero-order valence-electron chi connectivity index (χ0n) is 13.5. The summed E-state index contributed by atoms with van der Waals surface area (Å²) in [5.41, 5.74) is 2.49. The van der Waals surface area contributed by atoms with E-state index in [-0.39, 0.29) is 11.6 Å². The number of H-pyrrole nitrogens is 1. The number of ether oxygens (including phenoxy) is 2. The van der Waals surface area contributed by atoms with E-state index in [0.29, 0.717) is 6.10 Å². The van der Waals surface area contributed by atoms with E-state index in [2.05, 4.69) is 15.1 Å². The predicted molar refractivity (Wildman–Crippen MR) is 85.8 cm³/mol. The molecule has 1 aromatic carbocycles. The van der Waals surface area contributed by atoms with Crippen LogP contribution in [0, 0.1) is 5.82 Å². The lowest BCUT2D eigenvalue weighted by atomic mass is 10.1. The van der Waals surface area contributed by atoms with Gasteiger partial charge in [-0.1, -0.05) is 0 Å². The van der Waals surface area contributed by atoms with E-state index in [4.69, 9.17) is 9.47 Å². The first-order chi connectivity index (χ1) is 11.2. The third-order valence-electron chi connectivity index (χ3n) is 4.27. The fourth-order valence-corrected chi connectivity index (χ4v) is 3.01. The highest BCUT2D eigenvalue weighted by Gasteiger charge is 2.20. The van der Waals surface area contributed by atoms with Crippen molar-refractivity contribution in [3.05, 3.63) is 35.8 Å². The van der Waals surface area contributed by atoms with Gasteiger partial charge in [0.1, 0.15) is 0 Å². The molecule has 0 saturated carbocycles. The fraction of sp³-hybridized carbons (Fsp3) is 0.471. The Hall–Kier alpha value is -1.92. The van der Waals surface area contributed by atoms with Gasteiger partial charge < -0.3 is 9.47 Å². The van der Waals surface area contributed by atoms with Crippen molar-refractivity contribution in [2.75, 3.05) is 27.3 Å². The second kappa shape index (κ2) is 7.10. The summed E-state index contributed by atoms with van der Waals surface area (Å²) < 4.78 is 24.2. The smallest absolute Gasteiger partial charge is 0.165 e. The van der Waals surface area contributed by atoms with Crippen molar-refractivity contribution in [1.82, 2.24) is 15.1 Å². The van der Waals surface area contributed by atoms with Crippen molar-refractivity contribution in [2.45, 2.75) is 25.5 Å². The van der Waals surface area contributed by atoms with Crippen LogP contribution in [0.2, 0.25) is 0 Å².